The number of nitrogens with zero attached hydrogens (tertiary/aromatic N) is 4. The highest BCUT2D eigenvalue weighted by molar-refractivity contribution is 7.98. The molecule has 130 valence electrons. The van der Waals surface area contributed by atoms with Crippen LogP contribution in [0.5, 0.6) is 0 Å². The average Bonchev–Trinajstić information content (AvgIpc) is 2.93. The topological polar surface area (TPSA) is 34.0 Å². The number of likely N-dealkylation sites (tertiary alicyclic amines) is 1. The van der Waals surface area contributed by atoms with Gasteiger partial charge in [-0.05, 0) is 50.2 Å². The highest BCUT2D eigenvalue weighted by atomic mass is 35.5. The molecule has 0 atom stereocenters. The molecule has 7 heteroatoms. The Kier molecular flexibility index (Phi) is 5.79. The second-order valence-corrected chi connectivity index (χ2v) is 7.47. The molecule has 3 rings (SSSR count). The third kappa shape index (κ3) is 3.92. The quantitative estimate of drug-likeness (QED) is 0.752. The van der Waals surface area contributed by atoms with Crippen molar-refractivity contribution in [1.82, 2.24) is 19.7 Å². The summed E-state index contributed by atoms with van der Waals surface area (Å²) in [7, 11) is 2.02. The van der Waals surface area contributed by atoms with E-state index in [0.29, 0.717) is 23.0 Å². The fourth-order valence-corrected chi connectivity index (χ4v) is 3.94. The lowest BCUT2D eigenvalue weighted by Crippen LogP contribution is -2.34. The predicted octanol–water partition coefficient (Wildman–Crippen LogP) is 3.78. The third-order valence-corrected chi connectivity index (χ3v) is 5.80. The molecule has 1 aromatic heterocycles. The fourth-order valence-electron chi connectivity index (χ4n) is 3.21. The Morgan fingerprint density at radius 2 is 2.04 bits per heavy atom. The van der Waals surface area contributed by atoms with Gasteiger partial charge in [0.2, 0.25) is 0 Å². The Balaban J connectivity index is 1.55. The van der Waals surface area contributed by atoms with Crippen molar-refractivity contribution in [3.8, 4) is 0 Å². The van der Waals surface area contributed by atoms with Crippen LogP contribution >= 0.6 is 23.4 Å². The Bertz CT molecular complexity index is 678. The smallest absolute Gasteiger partial charge is 0.190 e. The molecule has 1 saturated heterocycles. The fraction of sp³-hybridized carbons (Fsp3) is 0.529. The van der Waals surface area contributed by atoms with Crippen LogP contribution in [0.15, 0.2) is 23.4 Å². The van der Waals surface area contributed by atoms with Gasteiger partial charge in [-0.3, -0.25) is 4.90 Å². The van der Waals surface area contributed by atoms with Crippen molar-refractivity contribution in [3.05, 3.63) is 40.4 Å². The molecule has 0 radical (unpaired) electrons. The van der Waals surface area contributed by atoms with Crippen LogP contribution in [0.1, 0.15) is 24.2 Å². The summed E-state index contributed by atoms with van der Waals surface area (Å²) in [6.07, 6.45) is 5.15. The first-order valence-corrected chi connectivity index (χ1v) is 9.76. The van der Waals surface area contributed by atoms with Crippen LogP contribution in [0.25, 0.3) is 0 Å². The first-order chi connectivity index (χ1) is 11.6. The summed E-state index contributed by atoms with van der Waals surface area (Å²) in [5, 5.41) is 9.97. The van der Waals surface area contributed by atoms with Gasteiger partial charge in [-0.2, -0.15) is 0 Å². The maximum atomic E-state index is 13.9. The monoisotopic (exact) mass is 368 g/mol. The van der Waals surface area contributed by atoms with E-state index >= 15 is 0 Å². The number of rotatable bonds is 5. The van der Waals surface area contributed by atoms with Gasteiger partial charge in [-0.25, -0.2) is 4.39 Å². The molecule has 1 aliphatic rings. The molecule has 0 saturated carbocycles. The van der Waals surface area contributed by atoms with Gasteiger partial charge in [0.25, 0.3) is 0 Å². The number of piperidine rings is 1. The molecule has 0 N–H and O–H groups in total. The van der Waals surface area contributed by atoms with Crippen LogP contribution in [0.3, 0.4) is 0 Å². The number of thioether (sulfide) groups is 1. The van der Waals surface area contributed by atoms with Crippen molar-refractivity contribution in [1.29, 1.82) is 0 Å². The second kappa shape index (κ2) is 7.85. The van der Waals surface area contributed by atoms with E-state index < -0.39 is 0 Å². The van der Waals surface area contributed by atoms with Crippen LogP contribution < -0.4 is 0 Å². The molecular formula is C17H22ClFN4S. The van der Waals surface area contributed by atoms with E-state index in [-0.39, 0.29) is 5.82 Å². The Hall–Kier alpha value is -1.11. The minimum absolute atomic E-state index is 0.215. The van der Waals surface area contributed by atoms with Crippen molar-refractivity contribution in [3.63, 3.8) is 0 Å². The molecule has 0 bridgehead atoms. The molecule has 1 aromatic carbocycles. The highest BCUT2D eigenvalue weighted by Crippen LogP contribution is 2.26. The van der Waals surface area contributed by atoms with E-state index in [1.54, 1.807) is 23.9 Å². The van der Waals surface area contributed by atoms with Crippen molar-refractivity contribution >= 4 is 23.4 Å². The zero-order valence-corrected chi connectivity index (χ0v) is 15.6. The lowest BCUT2D eigenvalue weighted by atomic mass is 9.93. The average molecular weight is 369 g/mol. The van der Waals surface area contributed by atoms with Crippen LogP contribution in [-0.2, 0) is 20.0 Å². The predicted molar refractivity (Wildman–Crippen MR) is 95.9 cm³/mol. The van der Waals surface area contributed by atoms with Gasteiger partial charge in [0.1, 0.15) is 11.6 Å². The largest absolute Gasteiger partial charge is 0.309 e. The Morgan fingerprint density at radius 1 is 1.29 bits per heavy atom. The number of benzene rings is 1. The summed E-state index contributed by atoms with van der Waals surface area (Å²) in [4.78, 5) is 2.28. The molecule has 0 amide bonds. The minimum Gasteiger partial charge on any atom is -0.309 e. The van der Waals surface area contributed by atoms with Gasteiger partial charge in [0, 0.05) is 30.6 Å². The summed E-state index contributed by atoms with van der Waals surface area (Å²) in [5.41, 5.74) is 0.607. The van der Waals surface area contributed by atoms with Gasteiger partial charge in [0.05, 0.1) is 0 Å². The number of halogens is 2. The van der Waals surface area contributed by atoms with Gasteiger partial charge in [0.15, 0.2) is 5.16 Å². The number of aromatic nitrogens is 3. The van der Waals surface area contributed by atoms with Gasteiger partial charge in [-0.15, -0.1) is 10.2 Å². The first kappa shape index (κ1) is 17.7. The number of hydrogen-bond acceptors (Lipinski definition) is 4. The van der Waals surface area contributed by atoms with E-state index in [2.05, 4.69) is 19.7 Å². The van der Waals surface area contributed by atoms with E-state index in [9.17, 15) is 4.39 Å². The van der Waals surface area contributed by atoms with Crippen LogP contribution in [-0.4, -0.2) is 39.0 Å². The first-order valence-electron chi connectivity index (χ1n) is 8.16. The molecule has 4 nitrogen and oxygen atoms in total. The lowest BCUT2D eigenvalue weighted by Gasteiger charge is -2.32. The van der Waals surface area contributed by atoms with Gasteiger partial charge >= 0.3 is 0 Å². The zero-order valence-electron chi connectivity index (χ0n) is 14.0. The summed E-state index contributed by atoms with van der Waals surface area (Å²) >= 11 is 7.75. The van der Waals surface area contributed by atoms with Crippen molar-refractivity contribution < 1.29 is 4.39 Å². The maximum absolute atomic E-state index is 13.9. The zero-order chi connectivity index (χ0) is 17.1. The van der Waals surface area contributed by atoms with E-state index in [4.69, 9.17) is 11.6 Å². The summed E-state index contributed by atoms with van der Waals surface area (Å²) in [6, 6.07) is 4.88. The molecule has 24 heavy (non-hydrogen) atoms. The normalized spacial score (nSPS) is 16.7. The molecule has 0 aliphatic carbocycles. The Labute approximate surface area is 151 Å². The van der Waals surface area contributed by atoms with Crippen molar-refractivity contribution in [2.24, 2.45) is 13.0 Å². The van der Waals surface area contributed by atoms with Crippen LogP contribution in [0, 0.1) is 11.7 Å². The summed E-state index contributed by atoms with van der Waals surface area (Å²) in [5.74, 6) is 1.44. The molecule has 2 heterocycles. The Morgan fingerprint density at radius 3 is 2.67 bits per heavy atom. The molecular weight excluding hydrogens is 347 g/mol. The van der Waals surface area contributed by atoms with E-state index in [1.807, 2.05) is 13.3 Å². The van der Waals surface area contributed by atoms with Gasteiger partial charge < -0.3 is 4.57 Å². The van der Waals surface area contributed by atoms with E-state index in [0.717, 1.165) is 43.3 Å². The highest BCUT2D eigenvalue weighted by Gasteiger charge is 2.23. The maximum Gasteiger partial charge on any atom is 0.190 e. The third-order valence-electron chi connectivity index (χ3n) is 4.73. The standard InChI is InChI=1S/C17H22ClFN4S/c1-22-16(20-21-17(22)24-2)10-12-6-8-23(9-7-12)11-13-14(18)4-3-5-15(13)19/h3-5,12H,6-11H2,1-2H3. The van der Waals surface area contributed by atoms with Crippen molar-refractivity contribution in [2.45, 2.75) is 31.0 Å². The molecule has 0 spiro atoms. The van der Waals surface area contributed by atoms with E-state index in [1.165, 1.54) is 6.07 Å². The molecule has 0 unspecified atom stereocenters. The van der Waals surface area contributed by atoms with Crippen molar-refractivity contribution in [2.75, 3.05) is 19.3 Å². The molecule has 1 aliphatic heterocycles. The summed E-state index contributed by atoms with van der Waals surface area (Å²) < 4.78 is 16.0. The minimum atomic E-state index is -0.215. The molecule has 2 aromatic rings. The SMILES string of the molecule is CSc1nnc(CC2CCN(Cc3c(F)cccc3Cl)CC2)n1C. The molecule has 1 fully saturated rings. The van der Waals surface area contributed by atoms with Gasteiger partial charge in [-0.1, -0.05) is 29.4 Å². The second-order valence-electron chi connectivity index (χ2n) is 6.29. The number of hydrogen-bond donors (Lipinski definition) is 0. The van der Waals surface area contributed by atoms with Crippen LogP contribution in [0.2, 0.25) is 5.02 Å². The van der Waals surface area contributed by atoms with Crippen LogP contribution in [0.4, 0.5) is 4.39 Å². The summed E-state index contributed by atoms with van der Waals surface area (Å²) in [6.45, 7) is 2.50. The lowest BCUT2D eigenvalue weighted by molar-refractivity contribution is 0.173.